The molecule has 1 saturated heterocycles. The number of aryl methyl sites for hydroxylation is 2. The molecule has 1 aromatic heterocycles. The lowest BCUT2D eigenvalue weighted by atomic mass is 9.95. The summed E-state index contributed by atoms with van der Waals surface area (Å²) in [5.41, 5.74) is 2.33. The monoisotopic (exact) mass is 261 g/mol. The highest BCUT2D eigenvalue weighted by Gasteiger charge is 2.38. The van der Waals surface area contributed by atoms with E-state index in [2.05, 4.69) is 16.1 Å². The molecule has 0 spiro atoms. The van der Waals surface area contributed by atoms with Crippen molar-refractivity contribution in [1.82, 2.24) is 14.7 Å². The molecular weight excluding hydrogens is 238 g/mol. The quantitative estimate of drug-likeness (QED) is 0.836. The predicted molar refractivity (Wildman–Crippen MR) is 73.7 cm³/mol. The maximum absolute atomic E-state index is 12.0. The fourth-order valence-corrected chi connectivity index (χ4v) is 3.77. The third-order valence-corrected chi connectivity index (χ3v) is 4.69. The molecule has 0 amide bonds. The summed E-state index contributed by atoms with van der Waals surface area (Å²) in [5.74, 6) is 0.801. The lowest BCUT2D eigenvalue weighted by molar-refractivity contribution is -0.122. The normalized spacial score (nSPS) is 28.4. The van der Waals surface area contributed by atoms with Crippen molar-refractivity contribution in [3.8, 4) is 0 Å². The predicted octanol–water partition coefficient (Wildman–Crippen LogP) is 2.06. The van der Waals surface area contributed by atoms with Crippen LogP contribution in [0.15, 0.2) is 6.07 Å². The number of carbonyl (C=O) groups excluding carboxylic acids is 1. The summed E-state index contributed by atoms with van der Waals surface area (Å²) in [5, 5.41) is 4.41. The van der Waals surface area contributed by atoms with Gasteiger partial charge in [-0.25, -0.2) is 0 Å². The Hall–Kier alpha value is -1.16. The van der Waals surface area contributed by atoms with Crippen LogP contribution >= 0.6 is 0 Å². The van der Waals surface area contributed by atoms with E-state index in [-0.39, 0.29) is 0 Å². The van der Waals surface area contributed by atoms with E-state index < -0.39 is 0 Å². The highest BCUT2D eigenvalue weighted by Crippen LogP contribution is 2.34. The molecule has 4 nitrogen and oxygen atoms in total. The molecule has 1 aliphatic heterocycles. The number of ketones is 1. The minimum absolute atomic E-state index is 0.303. The molecule has 1 aliphatic carbocycles. The molecule has 3 rings (SSSR count). The lowest BCUT2D eigenvalue weighted by Crippen LogP contribution is -2.37. The molecule has 2 atom stereocenters. The standard InChI is InChI=1S/C15H23N3O/c1-11-9-12(17(2)16-11)10-18-8-4-6-14(18)13-5-3-7-15(13)19/h9,13-14H,3-8,10H2,1-2H3. The molecule has 0 aromatic carbocycles. The SMILES string of the molecule is Cc1cc(CN2CCCC2C2CCCC2=O)n(C)n1. The van der Waals surface area contributed by atoms with Crippen molar-refractivity contribution >= 4 is 5.78 Å². The van der Waals surface area contributed by atoms with Gasteiger partial charge in [0.15, 0.2) is 0 Å². The highest BCUT2D eigenvalue weighted by molar-refractivity contribution is 5.83. The van der Waals surface area contributed by atoms with Crippen molar-refractivity contribution in [2.24, 2.45) is 13.0 Å². The third kappa shape index (κ3) is 2.46. The Balaban J connectivity index is 1.73. The first-order chi connectivity index (χ1) is 9.15. The van der Waals surface area contributed by atoms with Gasteiger partial charge in [-0.1, -0.05) is 0 Å². The average molecular weight is 261 g/mol. The zero-order valence-electron chi connectivity index (χ0n) is 11.9. The number of hydrogen-bond donors (Lipinski definition) is 0. The van der Waals surface area contributed by atoms with E-state index >= 15 is 0 Å². The van der Waals surface area contributed by atoms with Crippen LogP contribution in [0.3, 0.4) is 0 Å². The topological polar surface area (TPSA) is 38.1 Å². The number of rotatable bonds is 3. The van der Waals surface area contributed by atoms with Crippen molar-refractivity contribution in [2.75, 3.05) is 6.54 Å². The lowest BCUT2D eigenvalue weighted by Gasteiger charge is -2.28. The van der Waals surface area contributed by atoms with Crippen LogP contribution in [0.2, 0.25) is 0 Å². The summed E-state index contributed by atoms with van der Waals surface area (Å²) in [6, 6.07) is 2.64. The molecule has 2 heterocycles. The molecule has 0 bridgehead atoms. The highest BCUT2D eigenvalue weighted by atomic mass is 16.1. The van der Waals surface area contributed by atoms with E-state index in [1.54, 1.807) is 0 Å². The van der Waals surface area contributed by atoms with Crippen LogP contribution in [0, 0.1) is 12.8 Å². The number of hydrogen-bond acceptors (Lipinski definition) is 3. The number of Topliss-reactive ketones (excluding diaryl/α,β-unsaturated/α-hetero) is 1. The molecule has 2 aliphatic rings. The molecule has 4 heteroatoms. The van der Waals surface area contributed by atoms with Gasteiger partial charge in [-0.2, -0.15) is 5.10 Å². The van der Waals surface area contributed by atoms with Crippen LogP contribution < -0.4 is 0 Å². The summed E-state index contributed by atoms with van der Waals surface area (Å²) in [6.07, 6.45) is 5.42. The Labute approximate surface area is 114 Å². The first-order valence-corrected chi connectivity index (χ1v) is 7.41. The Kier molecular flexibility index (Phi) is 3.44. The summed E-state index contributed by atoms with van der Waals surface area (Å²) in [7, 11) is 2.01. The Morgan fingerprint density at radius 2 is 2.21 bits per heavy atom. The van der Waals surface area contributed by atoms with Gasteiger partial charge in [0.05, 0.1) is 11.4 Å². The summed E-state index contributed by atoms with van der Waals surface area (Å²) < 4.78 is 1.97. The molecule has 2 unspecified atom stereocenters. The van der Waals surface area contributed by atoms with Crippen LogP contribution in [-0.2, 0) is 18.4 Å². The first-order valence-electron chi connectivity index (χ1n) is 7.41. The van der Waals surface area contributed by atoms with E-state index in [9.17, 15) is 4.79 Å². The second kappa shape index (κ2) is 5.08. The van der Waals surface area contributed by atoms with Gasteiger partial charge < -0.3 is 0 Å². The van der Waals surface area contributed by atoms with Crippen LogP contribution in [0.25, 0.3) is 0 Å². The average Bonchev–Trinajstić information content (AvgIpc) is 3.02. The van der Waals surface area contributed by atoms with Crippen molar-refractivity contribution in [2.45, 2.75) is 51.6 Å². The van der Waals surface area contributed by atoms with Gasteiger partial charge >= 0.3 is 0 Å². The molecule has 104 valence electrons. The molecular formula is C15H23N3O. The Morgan fingerprint density at radius 1 is 1.37 bits per heavy atom. The molecule has 0 radical (unpaired) electrons. The minimum atomic E-state index is 0.303. The van der Waals surface area contributed by atoms with Crippen molar-refractivity contribution in [1.29, 1.82) is 0 Å². The minimum Gasteiger partial charge on any atom is -0.299 e. The Morgan fingerprint density at radius 3 is 2.84 bits per heavy atom. The number of carbonyl (C=O) groups is 1. The molecule has 0 N–H and O–H groups in total. The van der Waals surface area contributed by atoms with Gasteiger partial charge in [0.1, 0.15) is 5.78 Å². The van der Waals surface area contributed by atoms with Crippen molar-refractivity contribution < 1.29 is 4.79 Å². The fraction of sp³-hybridized carbons (Fsp3) is 0.733. The summed E-state index contributed by atoms with van der Waals surface area (Å²) >= 11 is 0. The van der Waals surface area contributed by atoms with Crippen LogP contribution in [-0.4, -0.2) is 33.1 Å². The zero-order chi connectivity index (χ0) is 13.4. The number of aromatic nitrogens is 2. The second-order valence-corrected chi connectivity index (χ2v) is 6.05. The molecule has 2 fully saturated rings. The first kappa shape index (κ1) is 12.9. The second-order valence-electron chi connectivity index (χ2n) is 6.05. The van der Waals surface area contributed by atoms with Gasteiger partial charge in [-0.05, 0) is 45.2 Å². The van der Waals surface area contributed by atoms with E-state index in [1.807, 2.05) is 18.7 Å². The van der Waals surface area contributed by atoms with E-state index in [4.69, 9.17) is 0 Å². The van der Waals surface area contributed by atoms with E-state index in [1.165, 1.54) is 18.5 Å². The maximum atomic E-state index is 12.0. The molecule has 19 heavy (non-hydrogen) atoms. The fourth-order valence-electron chi connectivity index (χ4n) is 3.77. The third-order valence-electron chi connectivity index (χ3n) is 4.69. The van der Waals surface area contributed by atoms with Crippen LogP contribution in [0.1, 0.15) is 43.5 Å². The van der Waals surface area contributed by atoms with Crippen molar-refractivity contribution in [3.05, 3.63) is 17.5 Å². The van der Waals surface area contributed by atoms with Gasteiger partial charge in [0.25, 0.3) is 0 Å². The number of nitrogens with zero attached hydrogens (tertiary/aromatic N) is 3. The van der Waals surface area contributed by atoms with Gasteiger partial charge in [0.2, 0.25) is 0 Å². The Bertz CT molecular complexity index is 480. The van der Waals surface area contributed by atoms with E-state index in [0.29, 0.717) is 17.7 Å². The van der Waals surface area contributed by atoms with Gasteiger partial charge in [0, 0.05) is 32.0 Å². The zero-order valence-corrected chi connectivity index (χ0v) is 11.9. The maximum Gasteiger partial charge on any atom is 0.137 e. The summed E-state index contributed by atoms with van der Waals surface area (Å²) in [6.45, 7) is 4.09. The van der Waals surface area contributed by atoms with Crippen LogP contribution in [0.4, 0.5) is 0 Å². The molecule has 1 saturated carbocycles. The van der Waals surface area contributed by atoms with Crippen LogP contribution in [0.5, 0.6) is 0 Å². The van der Waals surface area contributed by atoms with Gasteiger partial charge in [-0.3, -0.25) is 14.4 Å². The van der Waals surface area contributed by atoms with Crippen molar-refractivity contribution in [3.63, 3.8) is 0 Å². The molecule has 1 aromatic rings. The smallest absolute Gasteiger partial charge is 0.137 e. The largest absolute Gasteiger partial charge is 0.299 e. The van der Waals surface area contributed by atoms with Gasteiger partial charge in [-0.15, -0.1) is 0 Å². The number of likely N-dealkylation sites (tertiary alicyclic amines) is 1. The van der Waals surface area contributed by atoms with E-state index in [0.717, 1.165) is 38.0 Å². The summed E-state index contributed by atoms with van der Waals surface area (Å²) in [4.78, 5) is 14.5.